The zero-order chi connectivity index (χ0) is 20.3. The molecular formula is C19H10F3NO5. The average Bonchev–Trinajstić information content (AvgIpc) is 2.66. The maximum absolute atomic E-state index is 13.7. The highest BCUT2D eigenvalue weighted by Gasteiger charge is 2.24. The summed E-state index contributed by atoms with van der Waals surface area (Å²) < 4.78 is 50.2. The van der Waals surface area contributed by atoms with E-state index < -0.39 is 45.3 Å². The summed E-state index contributed by atoms with van der Waals surface area (Å²) >= 11 is 0. The van der Waals surface area contributed by atoms with Gasteiger partial charge in [-0.1, -0.05) is 18.2 Å². The van der Waals surface area contributed by atoms with Crippen molar-refractivity contribution in [2.45, 2.75) is 0 Å². The smallest absolute Gasteiger partial charge is 0.350 e. The molecular weight excluding hydrogens is 379 g/mol. The number of halogens is 3. The molecule has 142 valence electrons. The van der Waals surface area contributed by atoms with E-state index in [9.17, 15) is 28.1 Å². The van der Waals surface area contributed by atoms with Gasteiger partial charge in [-0.15, -0.1) is 0 Å². The fraction of sp³-hybridized carbons (Fsp3) is 0. The standard InChI is InChI=1S/C19H10F3NO5/c20-14-9-16(22)18(10-15(14)21)27-12-6-7-17(23(25)26)13(8-12)19(24)28-11-4-2-1-3-5-11/h1-10H. The number of nitro groups is 1. The van der Waals surface area contributed by atoms with Gasteiger partial charge in [0.05, 0.1) is 4.92 Å². The highest BCUT2D eigenvalue weighted by molar-refractivity contribution is 5.95. The van der Waals surface area contributed by atoms with Crippen molar-refractivity contribution < 1.29 is 32.4 Å². The summed E-state index contributed by atoms with van der Waals surface area (Å²) in [5.74, 6) is -5.70. The van der Waals surface area contributed by atoms with Crippen molar-refractivity contribution in [3.05, 3.63) is 93.8 Å². The largest absolute Gasteiger partial charge is 0.454 e. The molecule has 0 aliphatic rings. The highest BCUT2D eigenvalue weighted by Crippen LogP contribution is 2.31. The Morgan fingerprint density at radius 2 is 1.54 bits per heavy atom. The van der Waals surface area contributed by atoms with E-state index in [1.165, 1.54) is 12.1 Å². The van der Waals surface area contributed by atoms with E-state index in [1.54, 1.807) is 18.2 Å². The topological polar surface area (TPSA) is 78.7 Å². The summed E-state index contributed by atoms with van der Waals surface area (Å²) in [6.07, 6.45) is 0. The minimum atomic E-state index is -1.40. The molecule has 0 aliphatic carbocycles. The van der Waals surface area contributed by atoms with Crippen LogP contribution in [0, 0.1) is 27.6 Å². The monoisotopic (exact) mass is 389 g/mol. The third kappa shape index (κ3) is 4.09. The van der Waals surface area contributed by atoms with Crippen LogP contribution in [0.25, 0.3) is 0 Å². The van der Waals surface area contributed by atoms with Crippen LogP contribution < -0.4 is 9.47 Å². The van der Waals surface area contributed by atoms with Gasteiger partial charge in [-0.25, -0.2) is 18.0 Å². The van der Waals surface area contributed by atoms with Crippen LogP contribution in [0.2, 0.25) is 0 Å². The highest BCUT2D eigenvalue weighted by atomic mass is 19.2. The Morgan fingerprint density at radius 3 is 2.21 bits per heavy atom. The summed E-state index contributed by atoms with van der Waals surface area (Å²) in [6.45, 7) is 0. The Labute approximate surface area is 155 Å². The van der Waals surface area contributed by atoms with Gasteiger partial charge in [0.15, 0.2) is 23.2 Å². The van der Waals surface area contributed by atoms with Gasteiger partial charge in [0.25, 0.3) is 5.69 Å². The number of para-hydroxylation sites is 1. The molecule has 3 rings (SSSR count). The third-order valence-electron chi connectivity index (χ3n) is 3.54. The molecule has 9 heteroatoms. The first kappa shape index (κ1) is 18.9. The van der Waals surface area contributed by atoms with E-state index in [4.69, 9.17) is 9.47 Å². The second-order valence-electron chi connectivity index (χ2n) is 5.44. The molecule has 0 amide bonds. The van der Waals surface area contributed by atoms with E-state index in [2.05, 4.69) is 0 Å². The van der Waals surface area contributed by atoms with Crippen LogP contribution in [-0.4, -0.2) is 10.9 Å². The Morgan fingerprint density at radius 1 is 0.857 bits per heavy atom. The zero-order valence-corrected chi connectivity index (χ0v) is 13.9. The number of nitrogens with zero attached hydrogens (tertiary/aromatic N) is 1. The molecule has 6 nitrogen and oxygen atoms in total. The molecule has 0 aliphatic heterocycles. The van der Waals surface area contributed by atoms with E-state index in [0.29, 0.717) is 12.1 Å². The molecule has 3 aromatic carbocycles. The molecule has 0 fully saturated rings. The van der Waals surface area contributed by atoms with Crippen molar-refractivity contribution in [3.63, 3.8) is 0 Å². The number of benzene rings is 3. The average molecular weight is 389 g/mol. The Bertz CT molecular complexity index is 1060. The minimum Gasteiger partial charge on any atom is -0.454 e. The molecule has 0 spiro atoms. The van der Waals surface area contributed by atoms with Gasteiger partial charge < -0.3 is 9.47 Å². The van der Waals surface area contributed by atoms with Gasteiger partial charge in [-0.2, -0.15) is 0 Å². The van der Waals surface area contributed by atoms with Gasteiger partial charge in [-0.05, 0) is 18.2 Å². The first-order chi connectivity index (χ1) is 13.3. The van der Waals surface area contributed by atoms with Crippen LogP contribution in [-0.2, 0) is 0 Å². The molecule has 0 atom stereocenters. The first-order valence-electron chi connectivity index (χ1n) is 7.73. The van der Waals surface area contributed by atoms with Crippen LogP contribution in [0.15, 0.2) is 60.7 Å². The number of esters is 1. The van der Waals surface area contributed by atoms with Crippen LogP contribution in [0.4, 0.5) is 18.9 Å². The summed E-state index contributed by atoms with van der Waals surface area (Å²) in [5, 5.41) is 11.2. The van der Waals surface area contributed by atoms with Crippen LogP contribution in [0.3, 0.4) is 0 Å². The van der Waals surface area contributed by atoms with Gasteiger partial charge in [0.1, 0.15) is 17.1 Å². The predicted octanol–water partition coefficient (Wildman–Crippen LogP) is 5.02. The summed E-state index contributed by atoms with van der Waals surface area (Å²) in [5.41, 5.74) is -1.03. The maximum Gasteiger partial charge on any atom is 0.350 e. The number of ether oxygens (including phenoxy) is 2. The van der Waals surface area contributed by atoms with E-state index in [0.717, 1.165) is 18.2 Å². The molecule has 0 aromatic heterocycles. The number of carbonyl (C=O) groups excluding carboxylic acids is 1. The van der Waals surface area contributed by atoms with Gasteiger partial charge in [0.2, 0.25) is 0 Å². The number of nitro benzene ring substituents is 1. The van der Waals surface area contributed by atoms with Crippen LogP contribution in [0.1, 0.15) is 10.4 Å². The van der Waals surface area contributed by atoms with Crippen molar-refractivity contribution in [3.8, 4) is 17.2 Å². The lowest BCUT2D eigenvalue weighted by molar-refractivity contribution is -0.385. The number of carbonyl (C=O) groups is 1. The zero-order valence-electron chi connectivity index (χ0n) is 13.9. The predicted molar refractivity (Wildman–Crippen MR) is 90.9 cm³/mol. The van der Waals surface area contributed by atoms with Crippen molar-refractivity contribution in [1.29, 1.82) is 0 Å². The molecule has 0 heterocycles. The summed E-state index contributed by atoms with van der Waals surface area (Å²) in [4.78, 5) is 22.7. The summed E-state index contributed by atoms with van der Waals surface area (Å²) in [6, 6.07) is 11.6. The molecule has 0 saturated heterocycles. The SMILES string of the molecule is O=C(Oc1ccccc1)c1cc(Oc2cc(F)c(F)cc2F)ccc1[N+](=O)[O-]. The van der Waals surface area contributed by atoms with Crippen molar-refractivity contribution in [2.24, 2.45) is 0 Å². The normalized spacial score (nSPS) is 10.4. The number of rotatable bonds is 5. The lowest BCUT2D eigenvalue weighted by Crippen LogP contribution is -2.11. The molecule has 0 saturated carbocycles. The first-order valence-corrected chi connectivity index (χ1v) is 7.73. The molecule has 0 radical (unpaired) electrons. The molecule has 28 heavy (non-hydrogen) atoms. The molecule has 0 N–H and O–H groups in total. The van der Waals surface area contributed by atoms with Gasteiger partial charge in [-0.3, -0.25) is 10.1 Å². The number of hydrogen-bond acceptors (Lipinski definition) is 5. The fourth-order valence-corrected chi connectivity index (χ4v) is 2.26. The molecule has 0 unspecified atom stereocenters. The van der Waals surface area contributed by atoms with Crippen LogP contribution >= 0.6 is 0 Å². The number of hydrogen-bond donors (Lipinski definition) is 0. The summed E-state index contributed by atoms with van der Waals surface area (Å²) in [7, 11) is 0. The van der Waals surface area contributed by atoms with E-state index in [1.807, 2.05) is 0 Å². The van der Waals surface area contributed by atoms with Gasteiger partial charge >= 0.3 is 5.97 Å². The van der Waals surface area contributed by atoms with Gasteiger partial charge in [0, 0.05) is 24.3 Å². The lowest BCUT2D eigenvalue weighted by Gasteiger charge is -2.10. The Hall–Kier alpha value is -3.88. The minimum absolute atomic E-state index is 0.153. The van der Waals surface area contributed by atoms with Crippen molar-refractivity contribution in [1.82, 2.24) is 0 Å². The lowest BCUT2D eigenvalue weighted by atomic mass is 10.1. The van der Waals surface area contributed by atoms with Crippen molar-refractivity contribution in [2.75, 3.05) is 0 Å². The van der Waals surface area contributed by atoms with E-state index >= 15 is 0 Å². The Kier molecular flexibility index (Phi) is 5.25. The fourth-order valence-electron chi connectivity index (χ4n) is 2.26. The van der Waals surface area contributed by atoms with Crippen molar-refractivity contribution >= 4 is 11.7 Å². The molecule has 0 bridgehead atoms. The Balaban J connectivity index is 1.94. The molecule has 3 aromatic rings. The van der Waals surface area contributed by atoms with Crippen LogP contribution in [0.5, 0.6) is 17.2 Å². The second-order valence-corrected chi connectivity index (χ2v) is 5.44. The third-order valence-corrected chi connectivity index (χ3v) is 3.54. The maximum atomic E-state index is 13.7. The van der Waals surface area contributed by atoms with E-state index in [-0.39, 0.29) is 11.5 Å². The second kappa shape index (κ2) is 7.78. The quantitative estimate of drug-likeness (QED) is 0.201.